The van der Waals surface area contributed by atoms with Gasteiger partial charge in [-0.3, -0.25) is 9.20 Å². The highest BCUT2D eigenvalue weighted by molar-refractivity contribution is 5.83. The van der Waals surface area contributed by atoms with Gasteiger partial charge in [0.05, 0.1) is 6.04 Å². The normalized spacial score (nSPS) is 12.2. The van der Waals surface area contributed by atoms with E-state index in [1.54, 1.807) is 10.6 Å². The fourth-order valence-electron chi connectivity index (χ4n) is 2.89. The summed E-state index contributed by atoms with van der Waals surface area (Å²) < 4.78 is 7.20. The molecule has 1 atom stereocenters. The summed E-state index contributed by atoms with van der Waals surface area (Å²) in [6.07, 6.45) is 1.79. The summed E-state index contributed by atoms with van der Waals surface area (Å²) in [7, 11) is 0. The Balaban J connectivity index is 1.40. The maximum absolute atomic E-state index is 12.2. The quantitative estimate of drug-likeness (QED) is 0.603. The molecular weight excluding hydrogens is 328 g/mol. The summed E-state index contributed by atoms with van der Waals surface area (Å²) in [5.41, 5.74) is 1.72. The summed E-state index contributed by atoms with van der Waals surface area (Å²) >= 11 is 0. The third-order valence-electron chi connectivity index (χ3n) is 4.27. The second-order valence-corrected chi connectivity index (χ2v) is 6.10. The van der Waals surface area contributed by atoms with Crippen LogP contribution >= 0.6 is 0 Å². The molecule has 26 heavy (non-hydrogen) atoms. The number of benzene rings is 2. The number of fused-ring (bicyclic) bond motifs is 2. The maximum atomic E-state index is 12.2. The summed E-state index contributed by atoms with van der Waals surface area (Å²) in [5.74, 6) is -0.210. The first-order valence-electron chi connectivity index (χ1n) is 8.41. The molecule has 6 heteroatoms. The molecule has 0 saturated carbocycles. The van der Waals surface area contributed by atoms with E-state index in [0.717, 1.165) is 10.9 Å². The Labute approximate surface area is 150 Å². The molecule has 0 bridgehead atoms. The van der Waals surface area contributed by atoms with Crippen LogP contribution in [-0.2, 0) is 4.79 Å². The molecule has 0 aliphatic carbocycles. The molecule has 0 saturated heterocycles. The molecule has 2 heterocycles. The fourth-order valence-corrected chi connectivity index (χ4v) is 2.89. The topological polar surface area (TPSA) is 68.5 Å². The molecule has 1 N–H and O–H groups in total. The first-order valence-corrected chi connectivity index (χ1v) is 8.41. The van der Waals surface area contributed by atoms with Crippen LogP contribution in [-0.4, -0.2) is 27.1 Å². The van der Waals surface area contributed by atoms with Gasteiger partial charge in [-0.15, -0.1) is 5.10 Å². The SMILES string of the molecule is C[C@H](NC(=O)COc1nnc2ccccn12)c1ccc2ccccc2c1. The standard InChI is InChI=1S/C20H18N4O2/c1-14(16-10-9-15-6-2-3-7-17(15)12-16)21-19(25)13-26-20-23-22-18-8-4-5-11-24(18)20/h2-12,14H,13H2,1H3,(H,21,25)/t14-/m0/s1. The lowest BCUT2D eigenvalue weighted by molar-refractivity contribution is -0.123. The van der Waals surface area contributed by atoms with Gasteiger partial charge in [-0.25, -0.2) is 0 Å². The molecule has 0 radical (unpaired) electrons. The van der Waals surface area contributed by atoms with Crippen molar-refractivity contribution < 1.29 is 9.53 Å². The van der Waals surface area contributed by atoms with Crippen molar-refractivity contribution >= 4 is 22.3 Å². The Morgan fingerprint density at radius 1 is 1.08 bits per heavy atom. The summed E-state index contributed by atoms with van der Waals surface area (Å²) in [6.45, 7) is 1.84. The van der Waals surface area contributed by atoms with E-state index in [1.165, 1.54) is 5.39 Å². The van der Waals surface area contributed by atoms with E-state index in [-0.39, 0.29) is 18.6 Å². The number of aromatic nitrogens is 3. The van der Waals surface area contributed by atoms with Gasteiger partial charge < -0.3 is 10.1 Å². The van der Waals surface area contributed by atoms with E-state index in [9.17, 15) is 4.79 Å². The van der Waals surface area contributed by atoms with Crippen molar-refractivity contribution in [2.24, 2.45) is 0 Å². The van der Waals surface area contributed by atoms with Crippen LogP contribution in [0.2, 0.25) is 0 Å². The Morgan fingerprint density at radius 2 is 1.88 bits per heavy atom. The first-order chi connectivity index (χ1) is 12.7. The highest BCUT2D eigenvalue weighted by Gasteiger charge is 2.12. The van der Waals surface area contributed by atoms with E-state index in [4.69, 9.17) is 4.74 Å². The van der Waals surface area contributed by atoms with E-state index in [1.807, 2.05) is 43.3 Å². The van der Waals surface area contributed by atoms with Crippen LogP contribution in [0.1, 0.15) is 18.5 Å². The average molecular weight is 346 g/mol. The van der Waals surface area contributed by atoms with Gasteiger partial charge in [-0.2, -0.15) is 0 Å². The molecule has 4 rings (SSSR count). The van der Waals surface area contributed by atoms with Crippen LogP contribution in [0.4, 0.5) is 0 Å². The summed E-state index contributed by atoms with van der Waals surface area (Å²) in [5, 5.41) is 13.2. The van der Waals surface area contributed by atoms with Crippen molar-refractivity contribution in [3.05, 3.63) is 72.4 Å². The van der Waals surface area contributed by atoms with Crippen molar-refractivity contribution in [3.63, 3.8) is 0 Å². The Hall–Kier alpha value is -3.41. The highest BCUT2D eigenvalue weighted by Crippen LogP contribution is 2.20. The van der Waals surface area contributed by atoms with Gasteiger partial charge in [0, 0.05) is 6.20 Å². The van der Waals surface area contributed by atoms with Crippen molar-refractivity contribution in [3.8, 4) is 6.01 Å². The van der Waals surface area contributed by atoms with Crippen LogP contribution in [0.15, 0.2) is 66.9 Å². The van der Waals surface area contributed by atoms with Gasteiger partial charge in [0.15, 0.2) is 12.3 Å². The second-order valence-electron chi connectivity index (χ2n) is 6.10. The zero-order valence-electron chi connectivity index (χ0n) is 14.3. The number of hydrogen-bond donors (Lipinski definition) is 1. The third kappa shape index (κ3) is 3.21. The van der Waals surface area contributed by atoms with Gasteiger partial charge >= 0.3 is 6.01 Å². The predicted octanol–water partition coefficient (Wildman–Crippen LogP) is 3.14. The van der Waals surface area contributed by atoms with Crippen LogP contribution < -0.4 is 10.1 Å². The van der Waals surface area contributed by atoms with E-state index < -0.39 is 0 Å². The zero-order valence-corrected chi connectivity index (χ0v) is 14.3. The molecule has 1 amide bonds. The number of hydrogen-bond acceptors (Lipinski definition) is 4. The Bertz CT molecular complexity index is 1070. The van der Waals surface area contributed by atoms with E-state index >= 15 is 0 Å². The first kappa shape index (κ1) is 16.1. The van der Waals surface area contributed by atoms with Crippen LogP contribution in [0, 0.1) is 0 Å². The smallest absolute Gasteiger partial charge is 0.322 e. The molecule has 130 valence electrons. The number of nitrogens with one attached hydrogen (secondary N) is 1. The number of amides is 1. The van der Waals surface area contributed by atoms with Gasteiger partial charge in [0.2, 0.25) is 0 Å². The lowest BCUT2D eigenvalue weighted by Crippen LogP contribution is -2.31. The molecule has 2 aromatic heterocycles. The van der Waals surface area contributed by atoms with Crippen LogP contribution in [0.5, 0.6) is 6.01 Å². The van der Waals surface area contributed by atoms with Gasteiger partial charge in [-0.1, -0.05) is 47.6 Å². The van der Waals surface area contributed by atoms with Crippen molar-refractivity contribution in [1.29, 1.82) is 0 Å². The molecule has 0 spiro atoms. The van der Waals surface area contributed by atoms with Gasteiger partial charge in [0.1, 0.15) is 0 Å². The van der Waals surface area contributed by atoms with Crippen molar-refractivity contribution in [2.45, 2.75) is 13.0 Å². The van der Waals surface area contributed by atoms with Gasteiger partial charge in [0.25, 0.3) is 5.91 Å². The fraction of sp³-hybridized carbons (Fsp3) is 0.150. The molecule has 0 fully saturated rings. The van der Waals surface area contributed by atoms with E-state index in [2.05, 4.69) is 39.8 Å². The Morgan fingerprint density at radius 3 is 2.77 bits per heavy atom. The minimum atomic E-state index is -0.210. The maximum Gasteiger partial charge on any atom is 0.322 e. The minimum Gasteiger partial charge on any atom is -0.453 e. The molecule has 0 aliphatic heterocycles. The van der Waals surface area contributed by atoms with E-state index in [0.29, 0.717) is 11.7 Å². The number of rotatable bonds is 5. The molecular formula is C20H18N4O2. The number of nitrogens with zero attached hydrogens (tertiary/aromatic N) is 3. The molecule has 6 nitrogen and oxygen atoms in total. The lowest BCUT2D eigenvalue weighted by atomic mass is 10.0. The van der Waals surface area contributed by atoms with Crippen molar-refractivity contribution in [1.82, 2.24) is 19.9 Å². The van der Waals surface area contributed by atoms with Crippen LogP contribution in [0.25, 0.3) is 16.4 Å². The number of carbonyl (C=O) groups is 1. The third-order valence-corrected chi connectivity index (χ3v) is 4.27. The Kier molecular flexibility index (Phi) is 4.23. The van der Waals surface area contributed by atoms with Gasteiger partial charge in [-0.05, 0) is 41.5 Å². The van der Waals surface area contributed by atoms with Crippen LogP contribution in [0.3, 0.4) is 0 Å². The molecule has 0 aliphatic rings. The average Bonchev–Trinajstić information content (AvgIpc) is 3.09. The number of carbonyl (C=O) groups excluding carboxylic acids is 1. The molecule has 0 unspecified atom stereocenters. The largest absolute Gasteiger partial charge is 0.453 e. The number of pyridine rings is 1. The minimum absolute atomic E-state index is 0.117. The zero-order chi connectivity index (χ0) is 17.9. The summed E-state index contributed by atoms with van der Waals surface area (Å²) in [4.78, 5) is 12.2. The monoisotopic (exact) mass is 346 g/mol. The highest BCUT2D eigenvalue weighted by atomic mass is 16.5. The molecule has 4 aromatic rings. The number of ether oxygens (including phenoxy) is 1. The molecule has 2 aromatic carbocycles. The van der Waals surface area contributed by atoms with Crippen molar-refractivity contribution in [2.75, 3.05) is 6.61 Å². The second kappa shape index (κ2) is 6.84. The predicted molar refractivity (Wildman–Crippen MR) is 99.0 cm³/mol. The summed E-state index contributed by atoms with van der Waals surface area (Å²) in [6, 6.07) is 20.1. The lowest BCUT2D eigenvalue weighted by Gasteiger charge is -2.15.